The third-order valence-corrected chi connectivity index (χ3v) is 4.11. The van der Waals surface area contributed by atoms with E-state index in [4.69, 9.17) is 0 Å². The standard InChI is InChI=1S/C12H22N2O3S/c1-8(6-7-18(5)17)14-9(2)10(15)13-12(3,4)11(14)16/h8-9H,6-7H2,1-5H3,(H,13,15). The lowest BCUT2D eigenvalue weighted by Gasteiger charge is -2.44. The van der Waals surface area contributed by atoms with Gasteiger partial charge in [-0.3, -0.25) is 13.8 Å². The van der Waals surface area contributed by atoms with Gasteiger partial charge in [0, 0.05) is 28.9 Å². The Labute approximate surface area is 111 Å². The third-order valence-electron chi connectivity index (χ3n) is 3.30. The molecule has 0 aromatic carbocycles. The van der Waals surface area contributed by atoms with Crippen LogP contribution < -0.4 is 5.32 Å². The Morgan fingerprint density at radius 3 is 2.50 bits per heavy atom. The van der Waals surface area contributed by atoms with Crippen LogP contribution in [0.15, 0.2) is 0 Å². The number of piperazine rings is 1. The highest BCUT2D eigenvalue weighted by atomic mass is 32.2. The normalized spacial score (nSPS) is 26.7. The summed E-state index contributed by atoms with van der Waals surface area (Å²) in [5.74, 6) is 0.327. The van der Waals surface area contributed by atoms with Gasteiger partial charge in [0.2, 0.25) is 11.8 Å². The van der Waals surface area contributed by atoms with Crippen molar-refractivity contribution < 1.29 is 13.8 Å². The van der Waals surface area contributed by atoms with Crippen molar-refractivity contribution >= 4 is 22.6 Å². The second kappa shape index (κ2) is 5.38. The first kappa shape index (κ1) is 15.1. The van der Waals surface area contributed by atoms with Gasteiger partial charge in [0.15, 0.2) is 0 Å². The summed E-state index contributed by atoms with van der Waals surface area (Å²) in [7, 11) is -0.880. The van der Waals surface area contributed by atoms with Gasteiger partial charge in [0.1, 0.15) is 11.6 Å². The van der Waals surface area contributed by atoms with Gasteiger partial charge < -0.3 is 10.2 Å². The molecule has 1 aliphatic rings. The second-order valence-corrected chi connectivity index (χ2v) is 6.97. The quantitative estimate of drug-likeness (QED) is 0.800. The first-order valence-electron chi connectivity index (χ1n) is 6.11. The Balaban J connectivity index is 2.86. The summed E-state index contributed by atoms with van der Waals surface area (Å²) in [6, 6.07) is -0.549. The molecule has 1 aliphatic heterocycles. The molecule has 5 nitrogen and oxygen atoms in total. The molecule has 6 heteroatoms. The van der Waals surface area contributed by atoms with Gasteiger partial charge >= 0.3 is 0 Å². The van der Waals surface area contributed by atoms with E-state index in [9.17, 15) is 13.8 Å². The number of amides is 2. The highest BCUT2D eigenvalue weighted by Gasteiger charge is 2.44. The van der Waals surface area contributed by atoms with E-state index in [1.54, 1.807) is 31.9 Å². The lowest BCUT2D eigenvalue weighted by Crippen LogP contribution is -2.69. The van der Waals surface area contributed by atoms with Gasteiger partial charge in [-0.25, -0.2) is 0 Å². The fourth-order valence-electron chi connectivity index (χ4n) is 2.15. The summed E-state index contributed by atoms with van der Waals surface area (Å²) in [5, 5.41) is 2.71. The molecule has 0 radical (unpaired) electrons. The highest BCUT2D eigenvalue weighted by molar-refractivity contribution is 7.84. The van der Waals surface area contributed by atoms with Crippen LogP contribution in [0.5, 0.6) is 0 Å². The fraction of sp³-hybridized carbons (Fsp3) is 0.833. The van der Waals surface area contributed by atoms with Crippen molar-refractivity contribution in [3.05, 3.63) is 0 Å². The molecule has 0 aromatic heterocycles. The zero-order valence-corrected chi connectivity index (χ0v) is 12.5. The van der Waals surface area contributed by atoms with E-state index < -0.39 is 22.4 Å². The topological polar surface area (TPSA) is 66.5 Å². The third kappa shape index (κ3) is 3.10. The maximum absolute atomic E-state index is 12.3. The maximum Gasteiger partial charge on any atom is 0.248 e. The molecule has 1 fully saturated rings. The predicted octanol–water partition coefficient (Wildman–Crippen LogP) is 0.269. The van der Waals surface area contributed by atoms with Crippen molar-refractivity contribution in [2.24, 2.45) is 0 Å². The van der Waals surface area contributed by atoms with Crippen molar-refractivity contribution in [3.8, 4) is 0 Å². The van der Waals surface area contributed by atoms with Crippen LogP contribution in [-0.4, -0.2) is 50.6 Å². The fourth-order valence-corrected chi connectivity index (χ4v) is 2.82. The Kier molecular flexibility index (Phi) is 4.53. The van der Waals surface area contributed by atoms with Gasteiger partial charge in [-0.1, -0.05) is 0 Å². The molecule has 1 N–H and O–H groups in total. The number of nitrogens with zero attached hydrogens (tertiary/aromatic N) is 1. The van der Waals surface area contributed by atoms with Crippen LogP contribution in [0.2, 0.25) is 0 Å². The summed E-state index contributed by atoms with van der Waals surface area (Å²) in [6.45, 7) is 7.03. The summed E-state index contributed by atoms with van der Waals surface area (Å²) < 4.78 is 11.1. The highest BCUT2D eigenvalue weighted by Crippen LogP contribution is 2.21. The average molecular weight is 274 g/mol. The first-order chi connectivity index (χ1) is 8.16. The van der Waals surface area contributed by atoms with Crippen LogP contribution in [0, 0.1) is 0 Å². The van der Waals surface area contributed by atoms with Crippen LogP contribution >= 0.6 is 0 Å². The second-order valence-electron chi connectivity index (χ2n) is 5.42. The number of hydrogen-bond acceptors (Lipinski definition) is 3. The maximum atomic E-state index is 12.3. The van der Waals surface area contributed by atoms with Gasteiger partial charge in [-0.15, -0.1) is 0 Å². The average Bonchev–Trinajstić information content (AvgIpc) is 2.23. The number of carbonyl (C=O) groups is 2. The molecular formula is C12H22N2O3S. The van der Waals surface area contributed by atoms with Crippen molar-refractivity contribution in [2.45, 2.75) is 51.7 Å². The summed E-state index contributed by atoms with van der Waals surface area (Å²) >= 11 is 0. The van der Waals surface area contributed by atoms with Crippen LogP contribution in [0.1, 0.15) is 34.1 Å². The Morgan fingerprint density at radius 2 is 2.00 bits per heavy atom. The van der Waals surface area contributed by atoms with E-state index in [0.29, 0.717) is 12.2 Å². The Hall–Kier alpha value is -0.910. The van der Waals surface area contributed by atoms with Crippen LogP contribution in [0.25, 0.3) is 0 Å². The molecule has 1 heterocycles. The van der Waals surface area contributed by atoms with E-state index in [2.05, 4.69) is 5.32 Å². The molecule has 3 unspecified atom stereocenters. The van der Waals surface area contributed by atoms with Crippen LogP contribution in [0.3, 0.4) is 0 Å². The Morgan fingerprint density at radius 1 is 1.44 bits per heavy atom. The zero-order chi connectivity index (χ0) is 14.1. The van der Waals surface area contributed by atoms with E-state index in [1.807, 2.05) is 6.92 Å². The molecule has 2 amide bonds. The van der Waals surface area contributed by atoms with E-state index in [-0.39, 0.29) is 17.9 Å². The van der Waals surface area contributed by atoms with E-state index in [0.717, 1.165) is 0 Å². The number of carbonyl (C=O) groups excluding carboxylic acids is 2. The summed E-state index contributed by atoms with van der Waals surface area (Å²) in [5.41, 5.74) is -0.858. The molecule has 0 aromatic rings. The number of rotatable bonds is 4. The summed E-state index contributed by atoms with van der Waals surface area (Å²) in [6.07, 6.45) is 2.29. The van der Waals surface area contributed by atoms with Crippen molar-refractivity contribution in [2.75, 3.05) is 12.0 Å². The number of nitrogens with one attached hydrogen (secondary N) is 1. The van der Waals surface area contributed by atoms with Crippen molar-refractivity contribution in [3.63, 3.8) is 0 Å². The minimum Gasteiger partial charge on any atom is -0.340 e. The minimum absolute atomic E-state index is 0.0796. The van der Waals surface area contributed by atoms with Crippen molar-refractivity contribution in [1.82, 2.24) is 10.2 Å². The molecule has 104 valence electrons. The summed E-state index contributed by atoms with van der Waals surface area (Å²) in [4.78, 5) is 25.8. The van der Waals surface area contributed by atoms with Crippen LogP contribution in [0.4, 0.5) is 0 Å². The Bertz CT molecular complexity index is 382. The van der Waals surface area contributed by atoms with E-state index in [1.165, 1.54) is 0 Å². The number of hydrogen-bond donors (Lipinski definition) is 1. The lowest BCUT2D eigenvalue weighted by molar-refractivity contribution is -0.155. The van der Waals surface area contributed by atoms with Gasteiger partial charge in [-0.2, -0.15) is 0 Å². The SMILES string of the molecule is CC(CCS(C)=O)N1C(=O)C(C)(C)NC(=O)C1C. The monoisotopic (exact) mass is 274 g/mol. The molecule has 1 rings (SSSR count). The zero-order valence-electron chi connectivity index (χ0n) is 11.6. The molecule has 18 heavy (non-hydrogen) atoms. The first-order valence-corrected chi connectivity index (χ1v) is 7.84. The van der Waals surface area contributed by atoms with Gasteiger partial charge in [-0.05, 0) is 34.1 Å². The molecule has 0 aliphatic carbocycles. The van der Waals surface area contributed by atoms with E-state index >= 15 is 0 Å². The smallest absolute Gasteiger partial charge is 0.248 e. The van der Waals surface area contributed by atoms with Gasteiger partial charge in [0.05, 0.1) is 0 Å². The van der Waals surface area contributed by atoms with Gasteiger partial charge in [0.25, 0.3) is 0 Å². The minimum atomic E-state index is -0.880. The molecule has 3 atom stereocenters. The van der Waals surface area contributed by atoms with Crippen molar-refractivity contribution in [1.29, 1.82) is 0 Å². The molecular weight excluding hydrogens is 252 g/mol. The lowest BCUT2D eigenvalue weighted by atomic mass is 9.95. The molecule has 0 bridgehead atoms. The largest absolute Gasteiger partial charge is 0.340 e. The predicted molar refractivity (Wildman–Crippen MR) is 71.5 cm³/mol. The molecule has 0 saturated carbocycles. The molecule has 1 saturated heterocycles. The molecule has 0 spiro atoms. The van der Waals surface area contributed by atoms with Crippen LogP contribution in [-0.2, 0) is 20.4 Å².